The van der Waals surface area contributed by atoms with E-state index in [0.29, 0.717) is 24.2 Å². The predicted molar refractivity (Wildman–Crippen MR) is 263 cm³/mol. The van der Waals surface area contributed by atoms with Crippen molar-refractivity contribution in [3.05, 3.63) is 149 Å². The Labute approximate surface area is 411 Å². The van der Waals surface area contributed by atoms with Crippen LogP contribution in [0.3, 0.4) is 0 Å². The molecule has 16 heteroatoms. The summed E-state index contributed by atoms with van der Waals surface area (Å²) < 4.78 is 55.9. The first-order chi connectivity index (χ1) is 33.4. The van der Waals surface area contributed by atoms with Crippen LogP contribution in [0.4, 0.5) is 17.1 Å². The summed E-state index contributed by atoms with van der Waals surface area (Å²) >= 11 is 0. The van der Waals surface area contributed by atoms with E-state index in [1.54, 1.807) is 34.6 Å². The van der Waals surface area contributed by atoms with Crippen LogP contribution in [0.25, 0.3) is 0 Å². The zero-order valence-corrected chi connectivity index (χ0v) is 41.2. The molecule has 3 aromatic rings. The number of carbonyl (C=O) groups is 5. The normalized spacial score (nSPS) is 10.7. The van der Waals surface area contributed by atoms with Crippen LogP contribution < -0.4 is 4.90 Å². The van der Waals surface area contributed by atoms with Gasteiger partial charge in [0.2, 0.25) is 0 Å². The van der Waals surface area contributed by atoms with Crippen LogP contribution >= 0.6 is 0 Å². The molecular weight excluding hydrogens is 903 g/mol. The first-order valence-corrected chi connectivity index (χ1v) is 22.6. The maximum atomic E-state index is 12.0. The topological polar surface area (TPSA) is 181 Å². The fourth-order valence-corrected chi connectivity index (χ4v) is 5.93. The van der Waals surface area contributed by atoms with Crippen molar-refractivity contribution >= 4 is 46.9 Å². The molecule has 70 heavy (non-hydrogen) atoms. The molecule has 0 amide bonds. The number of carbonyl (C=O) groups excluding carboxylic acids is 5. The summed E-state index contributed by atoms with van der Waals surface area (Å²) in [4.78, 5) is 61.7. The predicted octanol–water partition coefficient (Wildman–Crippen LogP) is 8.73. The first-order valence-electron chi connectivity index (χ1n) is 22.6. The fourth-order valence-electron chi connectivity index (χ4n) is 5.93. The number of anilines is 3. The molecule has 0 atom stereocenters. The molecule has 0 N–H and O–H groups in total. The van der Waals surface area contributed by atoms with Crippen molar-refractivity contribution in [1.29, 1.82) is 0 Å². The van der Waals surface area contributed by atoms with Crippen LogP contribution in [0.5, 0.6) is 0 Å². The van der Waals surface area contributed by atoms with E-state index in [1.165, 1.54) is 0 Å². The largest absolute Gasteiger partial charge is 0.462 e. The Hall–Kier alpha value is -6.69. The number of hydrogen-bond acceptors (Lipinski definition) is 16. The van der Waals surface area contributed by atoms with Gasteiger partial charge in [-0.3, -0.25) is 0 Å². The molecule has 0 saturated heterocycles. The summed E-state index contributed by atoms with van der Waals surface area (Å²) in [5.74, 6) is -2.48. The molecule has 3 rings (SSSR count). The zero-order chi connectivity index (χ0) is 51.4. The van der Waals surface area contributed by atoms with E-state index in [9.17, 15) is 24.0 Å². The lowest BCUT2D eigenvalue weighted by Gasteiger charge is -2.28. The molecular formula is C54H67NO15. The quantitative estimate of drug-likeness (QED) is 0.0240. The number of ether oxygens (including phenoxy) is 10. The third-order valence-corrected chi connectivity index (χ3v) is 9.38. The second-order valence-electron chi connectivity index (χ2n) is 16.2. The highest BCUT2D eigenvalue weighted by molar-refractivity contribution is 5.88. The van der Waals surface area contributed by atoms with Crippen molar-refractivity contribution in [2.24, 2.45) is 0 Å². The van der Waals surface area contributed by atoms with E-state index in [1.807, 2.05) is 60.7 Å². The maximum absolute atomic E-state index is 12.0. The van der Waals surface area contributed by atoms with Gasteiger partial charge in [-0.1, -0.05) is 57.2 Å². The van der Waals surface area contributed by atoms with E-state index >= 15 is 0 Å². The van der Waals surface area contributed by atoms with Gasteiger partial charge >= 0.3 is 29.8 Å². The minimum Gasteiger partial charge on any atom is -0.462 e. The van der Waals surface area contributed by atoms with Crippen molar-refractivity contribution in [2.45, 2.75) is 74.1 Å². The molecule has 0 unspecified atom stereocenters. The van der Waals surface area contributed by atoms with Crippen LogP contribution in [0.1, 0.15) is 68.9 Å². The van der Waals surface area contributed by atoms with Crippen molar-refractivity contribution in [3.63, 3.8) is 0 Å². The molecule has 378 valence electrons. The molecule has 0 aliphatic rings. The summed E-state index contributed by atoms with van der Waals surface area (Å²) in [5, 5.41) is 0. The highest BCUT2D eigenvalue weighted by Gasteiger charge is 2.18. The summed E-state index contributed by atoms with van der Waals surface area (Å²) in [7, 11) is 0. The monoisotopic (exact) mass is 969 g/mol. The smallest absolute Gasteiger partial charge is 0.333 e. The van der Waals surface area contributed by atoms with Gasteiger partial charge in [0.25, 0.3) is 0 Å². The average Bonchev–Trinajstić information content (AvgIpc) is 3.32. The minimum atomic E-state index is -0.510. The number of nitrogens with zero attached hydrogens (tertiary/aromatic N) is 1. The lowest BCUT2D eigenvalue weighted by atomic mass is 10.0. The minimum absolute atomic E-state index is 0.0295. The Balaban J connectivity index is 2.06. The van der Waals surface area contributed by atoms with Gasteiger partial charge in [-0.25, -0.2) is 24.0 Å². The molecule has 16 nitrogen and oxygen atoms in total. The molecule has 0 aromatic heterocycles. The van der Waals surface area contributed by atoms with Crippen LogP contribution in [-0.4, -0.2) is 95.9 Å². The lowest BCUT2D eigenvalue weighted by molar-refractivity contribution is -0.141. The van der Waals surface area contributed by atoms with Gasteiger partial charge in [0.05, 0.1) is 72.7 Å². The zero-order valence-electron chi connectivity index (χ0n) is 41.2. The van der Waals surface area contributed by atoms with Gasteiger partial charge in [0, 0.05) is 51.3 Å². The van der Waals surface area contributed by atoms with Crippen molar-refractivity contribution in [1.82, 2.24) is 0 Å². The van der Waals surface area contributed by atoms with Crippen molar-refractivity contribution in [2.75, 3.05) is 71.0 Å². The van der Waals surface area contributed by atoms with E-state index < -0.39 is 29.8 Å². The number of benzene rings is 3. The van der Waals surface area contributed by atoms with E-state index in [4.69, 9.17) is 47.4 Å². The molecule has 0 bridgehead atoms. The molecule has 0 fully saturated rings. The average molecular weight is 970 g/mol. The highest BCUT2D eigenvalue weighted by Crippen LogP contribution is 2.37. The van der Waals surface area contributed by atoms with Gasteiger partial charge in [-0.15, -0.1) is 0 Å². The number of hydrogen-bond donors (Lipinski definition) is 0. The molecule has 0 spiro atoms. The Morgan fingerprint density at radius 3 is 0.914 bits per heavy atom. The van der Waals surface area contributed by atoms with Gasteiger partial charge in [0.15, 0.2) is 0 Å². The highest BCUT2D eigenvalue weighted by atomic mass is 16.6. The number of esters is 5. The summed E-state index contributed by atoms with van der Waals surface area (Å²) in [6, 6.07) is 19.6. The second-order valence-corrected chi connectivity index (χ2v) is 16.2. The summed E-state index contributed by atoms with van der Waals surface area (Å²) in [6.07, 6.45) is 0.464. The molecule has 0 radical (unpaired) electrons. The van der Waals surface area contributed by atoms with Gasteiger partial charge in [0.1, 0.15) is 26.4 Å². The van der Waals surface area contributed by atoms with Crippen LogP contribution in [0, 0.1) is 0 Å². The van der Waals surface area contributed by atoms with Crippen molar-refractivity contribution in [3.8, 4) is 0 Å². The Kier molecular flexibility index (Phi) is 25.9. The fraction of sp³-hybridized carbons (Fsp3) is 0.389. The lowest BCUT2D eigenvalue weighted by Crippen LogP contribution is -2.14. The Bertz CT molecular complexity index is 2240. The van der Waals surface area contributed by atoms with Crippen molar-refractivity contribution < 1.29 is 71.3 Å². The van der Waals surface area contributed by atoms with E-state index in [2.05, 4.69) is 37.8 Å². The van der Waals surface area contributed by atoms with Gasteiger partial charge in [-0.2, -0.15) is 0 Å². The Morgan fingerprint density at radius 2 is 0.614 bits per heavy atom. The van der Waals surface area contributed by atoms with E-state index in [0.717, 1.165) is 44.9 Å². The van der Waals surface area contributed by atoms with Crippen LogP contribution in [0.15, 0.2) is 121 Å². The molecule has 0 heterocycles. The number of rotatable bonds is 34. The summed E-state index contributed by atoms with van der Waals surface area (Å²) in [5.41, 5.74) is 7.70. The SMILES string of the molecule is C=C(C)C(=O)OCCCOCc1cc(COCCOC(=O)C(=C)C)cc(N(c2ccc(COCCOC(=O)C(=C)C)cc2)c2cc(COCCOC(=O)C(=C)C)cc(COCCOC(=O)C(=C)C)c2)c1. The third kappa shape index (κ3) is 22.2. The van der Waals surface area contributed by atoms with Gasteiger partial charge in [-0.05, 0) is 98.8 Å². The Morgan fingerprint density at radius 1 is 0.343 bits per heavy atom. The molecule has 3 aromatic carbocycles. The summed E-state index contributed by atoms with van der Waals surface area (Å²) in [6.45, 7) is 28.1. The van der Waals surface area contributed by atoms with Gasteiger partial charge < -0.3 is 52.3 Å². The first kappa shape index (κ1) is 57.6. The van der Waals surface area contributed by atoms with E-state index in [-0.39, 0.29) is 109 Å². The molecule has 0 saturated carbocycles. The second kappa shape index (κ2) is 31.4. The molecule has 0 aliphatic carbocycles. The maximum Gasteiger partial charge on any atom is 0.333 e. The van der Waals surface area contributed by atoms with Crippen LogP contribution in [-0.2, 0) is 104 Å². The third-order valence-electron chi connectivity index (χ3n) is 9.38. The standard InChI is InChI=1S/C54H67NO15/c1-37(2)50(56)66-17-11-16-61-33-43-26-44(34-63-19-23-68-52(58)39(5)6)29-48(28-43)55(47-14-12-42(13-15-47)32-62-18-22-67-51(57)38(3)4)49-30-45(35-64-20-24-69-53(59)40(7)8)27-46(31-49)36-65-21-25-70-54(60)41(9)10/h12-15,26-31H,1,3,5,7,9,11,16-25,32-36H2,2,4,6,8,10H3. The van der Waals surface area contributed by atoms with Crippen LogP contribution in [0.2, 0.25) is 0 Å². The molecule has 0 aliphatic heterocycles.